The zero-order valence-corrected chi connectivity index (χ0v) is 15.0. The number of benzene rings is 1. The Morgan fingerprint density at radius 3 is 2.38 bits per heavy atom. The second-order valence-corrected chi connectivity index (χ2v) is 9.42. The Hall–Kier alpha value is -1.36. The molecule has 1 saturated heterocycles. The fourth-order valence-corrected chi connectivity index (χ4v) is 5.84. The molecule has 1 aromatic carbocycles. The molecule has 0 bridgehead atoms. The standard InChI is InChI=1S/C19H27NO3S/c21-19(15-24(22,23)18-11-4-5-12-18)20-13-7-6-10-17(20)14-16-8-2-1-3-9-16/h1-3,8-9,17-18H,4-7,10-15H2. The predicted octanol–water partition coefficient (Wildman–Crippen LogP) is 2.97. The van der Waals surface area contributed by atoms with Crippen molar-refractivity contribution in [1.82, 2.24) is 4.90 Å². The first-order chi connectivity index (χ1) is 11.6. The van der Waals surface area contributed by atoms with Crippen molar-refractivity contribution in [2.45, 2.75) is 62.7 Å². The third-order valence-corrected chi connectivity index (χ3v) is 7.53. The number of piperidine rings is 1. The van der Waals surface area contributed by atoms with Gasteiger partial charge in [-0.15, -0.1) is 0 Å². The van der Waals surface area contributed by atoms with Crippen LogP contribution in [0.2, 0.25) is 0 Å². The van der Waals surface area contributed by atoms with Crippen LogP contribution in [0.1, 0.15) is 50.5 Å². The van der Waals surface area contributed by atoms with Gasteiger partial charge in [0.05, 0.1) is 5.25 Å². The van der Waals surface area contributed by atoms with Crippen LogP contribution in [0.5, 0.6) is 0 Å². The summed E-state index contributed by atoms with van der Waals surface area (Å²) >= 11 is 0. The Balaban J connectivity index is 1.67. The summed E-state index contributed by atoms with van der Waals surface area (Å²) in [4.78, 5) is 14.6. The van der Waals surface area contributed by atoms with Crippen LogP contribution in [0.3, 0.4) is 0 Å². The fraction of sp³-hybridized carbons (Fsp3) is 0.632. The molecule has 132 valence electrons. The van der Waals surface area contributed by atoms with E-state index in [-0.39, 0.29) is 23.0 Å². The number of sulfone groups is 1. The number of hydrogen-bond acceptors (Lipinski definition) is 3. The second-order valence-electron chi connectivity index (χ2n) is 7.14. The Bertz CT molecular complexity index is 650. The molecule has 1 unspecified atom stereocenters. The van der Waals surface area contributed by atoms with E-state index in [0.717, 1.165) is 51.4 Å². The first-order valence-corrected chi connectivity index (χ1v) is 10.8. The van der Waals surface area contributed by atoms with E-state index in [1.54, 1.807) is 0 Å². The molecule has 0 spiro atoms. The second kappa shape index (κ2) is 7.68. The van der Waals surface area contributed by atoms with Crippen molar-refractivity contribution < 1.29 is 13.2 Å². The summed E-state index contributed by atoms with van der Waals surface area (Å²) in [6.07, 6.45) is 7.25. The molecule has 4 nitrogen and oxygen atoms in total. The van der Waals surface area contributed by atoms with E-state index in [1.807, 2.05) is 23.1 Å². The maximum atomic E-state index is 12.7. The van der Waals surface area contributed by atoms with Gasteiger partial charge in [0, 0.05) is 12.6 Å². The van der Waals surface area contributed by atoms with E-state index in [2.05, 4.69) is 12.1 Å². The van der Waals surface area contributed by atoms with Gasteiger partial charge in [0.2, 0.25) is 5.91 Å². The van der Waals surface area contributed by atoms with Crippen LogP contribution in [-0.4, -0.2) is 42.8 Å². The van der Waals surface area contributed by atoms with Gasteiger partial charge >= 0.3 is 0 Å². The SMILES string of the molecule is O=C(CS(=O)(=O)C1CCCC1)N1CCCCC1Cc1ccccc1. The van der Waals surface area contributed by atoms with Crippen molar-refractivity contribution in [2.24, 2.45) is 0 Å². The van der Waals surface area contributed by atoms with Crippen LogP contribution in [0.15, 0.2) is 30.3 Å². The number of nitrogens with zero attached hydrogens (tertiary/aromatic N) is 1. The molecular weight excluding hydrogens is 322 g/mol. The summed E-state index contributed by atoms with van der Waals surface area (Å²) in [6, 6.07) is 10.3. The molecule has 2 fully saturated rings. The quantitative estimate of drug-likeness (QED) is 0.821. The van der Waals surface area contributed by atoms with Gasteiger partial charge in [0.1, 0.15) is 5.75 Å². The Labute approximate surface area is 145 Å². The van der Waals surface area contributed by atoms with Gasteiger partial charge in [-0.05, 0) is 44.1 Å². The Morgan fingerprint density at radius 1 is 1.00 bits per heavy atom. The van der Waals surface area contributed by atoms with Gasteiger partial charge < -0.3 is 4.90 Å². The van der Waals surface area contributed by atoms with Gasteiger partial charge in [-0.2, -0.15) is 0 Å². The molecule has 1 amide bonds. The van der Waals surface area contributed by atoms with Crippen molar-refractivity contribution in [3.63, 3.8) is 0 Å². The molecule has 1 aromatic rings. The highest BCUT2D eigenvalue weighted by Crippen LogP contribution is 2.26. The third-order valence-electron chi connectivity index (χ3n) is 5.40. The molecule has 1 aliphatic heterocycles. The molecule has 1 saturated carbocycles. The lowest BCUT2D eigenvalue weighted by molar-refractivity contribution is -0.132. The van der Waals surface area contributed by atoms with Crippen molar-refractivity contribution in [1.29, 1.82) is 0 Å². The van der Waals surface area contributed by atoms with Gasteiger partial charge in [-0.1, -0.05) is 43.2 Å². The number of carbonyl (C=O) groups excluding carboxylic acids is 1. The first kappa shape index (κ1) is 17.5. The molecule has 1 heterocycles. The Kier molecular flexibility index (Phi) is 5.59. The topological polar surface area (TPSA) is 54.5 Å². The minimum absolute atomic E-state index is 0.132. The normalized spacial score (nSPS) is 22.7. The molecule has 5 heteroatoms. The number of hydrogen-bond donors (Lipinski definition) is 0. The highest BCUT2D eigenvalue weighted by molar-refractivity contribution is 7.92. The summed E-state index contributed by atoms with van der Waals surface area (Å²) in [5.41, 5.74) is 1.21. The maximum Gasteiger partial charge on any atom is 0.238 e. The fourth-order valence-electron chi connectivity index (χ4n) is 4.05. The number of likely N-dealkylation sites (tertiary alicyclic amines) is 1. The van der Waals surface area contributed by atoms with Crippen LogP contribution >= 0.6 is 0 Å². The van der Waals surface area contributed by atoms with E-state index < -0.39 is 9.84 Å². The first-order valence-electron chi connectivity index (χ1n) is 9.11. The van der Waals surface area contributed by atoms with Crippen molar-refractivity contribution in [3.05, 3.63) is 35.9 Å². The van der Waals surface area contributed by atoms with Crippen LogP contribution in [-0.2, 0) is 21.1 Å². The largest absolute Gasteiger partial charge is 0.339 e. The smallest absolute Gasteiger partial charge is 0.238 e. The minimum Gasteiger partial charge on any atom is -0.339 e. The summed E-state index contributed by atoms with van der Waals surface area (Å²) in [5.74, 6) is -0.495. The molecule has 1 atom stereocenters. The summed E-state index contributed by atoms with van der Waals surface area (Å²) in [5, 5.41) is -0.293. The van der Waals surface area contributed by atoms with E-state index in [4.69, 9.17) is 0 Å². The van der Waals surface area contributed by atoms with E-state index >= 15 is 0 Å². The van der Waals surface area contributed by atoms with Gasteiger partial charge in [0.15, 0.2) is 9.84 Å². The molecule has 24 heavy (non-hydrogen) atoms. The average Bonchev–Trinajstić information content (AvgIpc) is 3.11. The molecule has 2 aliphatic rings. The molecular formula is C19H27NO3S. The maximum absolute atomic E-state index is 12.7. The molecule has 1 aliphatic carbocycles. The number of carbonyl (C=O) groups is 1. The summed E-state index contributed by atoms with van der Waals surface area (Å²) in [7, 11) is -3.30. The molecule has 0 radical (unpaired) electrons. The lowest BCUT2D eigenvalue weighted by Gasteiger charge is -2.36. The molecule has 0 N–H and O–H groups in total. The monoisotopic (exact) mass is 349 g/mol. The molecule has 0 aromatic heterocycles. The van der Waals surface area contributed by atoms with Crippen molar-refractivity contribution in [2.75, 3.05) is 12.3 Å². The highest BCUT2D eigenvalue weighted by atomic mass is 32.2. The summed E-state index contributed by atoms with van der Waals surface area (Å²) in [6.45, 7) is 0.691. The van der Waals surface area contributed by atoms with Gasteiger partial charge in [0.25, 0.3) is 0 Å². The summed E-state index contributed by atoms with van der Waals surface area (Å²) < 4.78 is 25.0. The minimum atomic E-state index is -3.30. The third kappa shape index (κ3) is 4.18. The van der Waals surface area contributed by atoms with Crippen LogP contribution in [0.25, 0.3) is 0 Å². The lowest BCUT2D eigenvalue weighted by atomic mass is 9.95. The van der Waals surface area contributed by atoms with Crippen molar-refractivity contribution in [3.8, 4) is 0 Å². The van der Waals surface area contributed by atoms with Crippen LogP contribution in [0, 0.1) is 0 Å². The highest BCUT2D eigenvalue weighted by Gasteiger charge is 2.34. The van der Waals surface area contributed by atoms with Crippen molar-refractivity contribution >= 4 is 15.7 Å². The van der Waals surface area contributed by atoms with Gasteiger partial charge in [-0.3, -0.25) is 4.79 Å². The Morgan fingerprint density at radius 2 is 1.67 bits per heavy atom. The van der Waals surface area contributed by atoms with Crippen LogP contribution < -0.4 is 0 Å². The average molecular weight is 349 g/mol. The number of amides is 1. The predicted molar refractivity (Wildman–Crippen MR) is 95.5 cm³/mol. The number of rotatable bonds is 5. The zero-order valence-electron chi connectivity index (χ0n) is 14.2. The van der Waals surface area contributed by atoms with Gasteiger partial charge in [-0.25, -0.2) is 8.42 Å². The lowest BCUT2D eigenvalue weighted by Crippen LogP contribution is -2.47. The zero-order chi connectivity index (χ0) is 17.0. The van der Waals surface area contributed by atoms with Crippen LogP contribution in [0.4, 0.5) is 0 Å². The van der Waals surface area contributed by atoms with E-state index in [0.29, 0.717) is 6.54 Å². The van der Waals surface area contributed by atoms with E-state index in [1.165, 1.54) is 5.56 Å². The molecule has 3 rings (SSSR count). The van der Waals surface area contributed by atoms with E-state index in [9.17, 15) is 13.2 Å².